The van der Waals surface area contributed by atoms with Crippen molar-refractivity contribution in [1.29, 1.82) is 0 Å². The van der Waals surface area contributed by atoms with Crippen LogP contribution in [0, 0.1) is 6.92 Å². The Kier molecular flexibility index (Phi) is 3.72. The Balaban J connectivity index is 1.85. The Morgan fingerprint density at radius 1 is 0.913 bits per heavy atom. The molecule has 0 saturated carbocycles. The second-order valence-electron chi connectivity index (χ2n) is 5.10. The van der Waals surface area contributed by atoms with Crippen molar-refractivity contribution in [3.63, 3.8) is 0 Å². The average Bonchev–Trinajstić information content (AvgIpc) is 2.80. The van der Waals surface area contributed by atoms with Gasteiger partial charge in [0.15, 0.2) is 5.36 Å². The van der Waals surface area contributed by atoms with E-state index >= 15 is 0 Å². The van der Waals surface area contributed by atoms with E-state index < -0.39 is 16.9 Å². The van der Waals surface area contributed by atoms with Gasteiger partial charge in [0.2, 0.25) is 10.9 Å². The number of carbonyl (C=O) groups excluding carboxylic acids is 1. The van der Waals surface area contributed by atoms with Gasteiger partial charge in [-0.3, -0.25) is 9.59 Å². The highest BCUT2D eigenvalue weighted by Gasteiger charge is 2.10. The van der Waals surface area contributed by atoms with E-state index in [-0.39, 0.29) is 5.36 Å². The first-order valence-corrected chi connectivity index (χ1v) is 6.96. The van der Waals surface area contributed by atoms with E-state index in [4.69, 9.17) is 0 Å². The lowest BCUT2D eigenvalue weighted by atomic mass is 10.2. The van der Waals surface area contributed by atoms with E-state index in [9.17, 15) is 14.4 Å². The van der Waals surface area contributed by atoms with Crippen molar-refractivity contribution < 1.29 is 4.79 Å². The molecule has 6 heteroatoms. The molecule has 3 aromatic rings. The normalized spacial score (nSPS) is 10.5. The average molecular weight is 307 g/mol. The molecule has 2 amide bonds. The number of hydrogen-bond donors (Lipinski definition) is 2. The number of anilines is 1. The highest BCUT2D eigenvalue weighted by molar-refractivity contribution is 5.89. The second kappa shape index (κ2) is 5.84. The van der Waals surface area contributed by atoms with E-state index in [1.165, 1.54) is 0 Å². The SMILES string of the molecule is Cc1ccc(NC(=O)NN=c2c(=O)c3ccccc3c2=O)cc1. The molecule has 3 rings (SSSR count). The van der Waals surface area contributed by atoms with E-state index in [2.05, 4.69) is 15.8 Å². The number of carbonyl (C=O) groups is 1. The molecule has 114 valence electrons. The summed E-state index contributed by atoms with van der Waals surface area (Å²) in [5.41, 5.74) is 2.86. The van der Waals surface area contributed by atoms with Gasteiger partial charge in [-0.2, -0.15) is 5.10 Å². The molecule has 0 aliphatic carbocycles. The van der Waals surface area contributed by atoms with Gasteiger partial charge in [0.25, 0.3) is 0 Å². The first-order valence-electron chi connectivity index (χ1n) is 6.96. The lowest BCUT2D eigenvalue weighted by Crippen LogP contribution is -2.36. The molecule has 0 spiro atoms. The predicted molar refractivity (Wildman–Crippen MR) is 87.8 cm³/mol. The van der Waals surface area contributed by atoms with Crippen LogP contribution in [-0.4, -0.2) is 6.03 Å². The molecule has 0 aromatic heterocycles. The monoisotopic (exact) mass is 307 g/mol. The molecule has 23 heavy (non-hydrogen) atoms. The Bertz CT molecular complexity index is 980. The van der Waals surface area contributed by atoms with Crippen LogP contribution in [-0.2, 0) is 0 Å². The lowest BCUT2D eigenvalue weighted by molar-refractivity contribution is 0.252. The van der Waals surface area contributed by atoms with Gasteiger partial charge < -0.3 is 5.32 Å². The van der Waals surface area contributed by atoms with Crippen LogP contribution in [0.25, 0.3) is 10.8 Å². The quantitative estimate of drug-likeness (QED) is 0.701. The van der Waals surface area contributed by atoms with Gasteiger partial charge >= 0.3 is 6.03 Å². The van der Waals surface area contributed by atoms with Gasteiger partial charge in [-0.15, -0.1) is 0 Å². The van der Waals surface area contributed by atoms with Crippen molar-refractivity contribution in [3.05, 3.63) is 79.9 Å². The number of nitrogens with one attached hydrogen (secondary N) is 2. The number of benzene rings is 2. The van der Waals surface area contributed by atoms with E-state index in [0.717, 1.165) is 5.56 Å². The maximum atomic E-state index is 12.1. The van der Waals surface area contributed by atoms with Crippen LogP contribution in [0.5, 0.6) is 0 Å². The Morgan fingerprint density at radius 3 is 2.04 bits per heavy atom. The number of urea groups is 1. The molecule has 0 saturated heterocycles. The number of fused-ring (bicyclic) bond motifs is 1. The van der Waals surface area contributed by atoms with Gasteiger partial charge in [0.1, 0.15) is 0 Å². The van der Waals surface area contributed by atoms with Gasteiger partial charge in [0, 0.05) is 16.5 Å². The zero-order valence-corrected chi connectivity index (χ0v) is 12.3. The Hall–Kier alpha value is -3.28. The fourth-order valence-corrected chi connectivity index (χ4v) is 2.24. The summed E-state index contributed by atoms with van der Waals surface area (Å²) in [7, 11) is 0. The third kappa shape index (κ3) is 2.87. The van der Waals surface area contributed by atoms with Crippen LogP contribution < -0.4 is 27.0 Å². The number of rotatable bonds is 2. The summed E-state index contributed by atoms with van der Waals surface area (Å²) >= 11 is 0. The fraction of sp³-hybridized carbons (Fsp3) is 0.0588. The summed E-state index contributed by atoms with van der Waals surface area (Å²) in [5, 5.41) is 6.55. The second-order valence-corrected chi connectivity index (χ2v) is 5.10. The summed E-state index contributed by atoms with van der Waals surface area (Å²) in [6.45, 7) is 1.94. The molecule has 0 heterocycles. The summed E-state index contributed by atoms with van der Waals surface area (Å²) in [6, 6.07) is 13.0. The van der Waals surface area contributed by atoms with E-state index in [0.29, 0.717) is 16.5 Å². The van der Waals surface area contributed by atoms with Crippen LogP contribution in [0.1, 0.15) is 5.56 Å². The summed E-state index contributed by atoms with van der Waals surface area (Å²) < 4.78 is 0. The standard InChI is InChI=1S/C17H13N3O3/c1-10-6-8-11(9-7-10)18-17(23)20-19-14-15(21)12-4-2-3-5-13(12)16(14)22/h2-9H,1H3,(H2,18,20,23). The predicted octanol–water partition coefficient (Wildman–Crippen LogP) is 1.38. The Labute approximate surface area is 130 Å². The van der Waals surface area contributed by atoms with Crippen molar-refractivity contribution in [2.24, 2.45) is 5.10 Å². The molecule has 0 aliphatic heterocycles. The molecular weight excluding hydrogens is 294 g/mol. The van der Waals surface area contributed by atoms with Crippen molar-refractivity contribution in [2.45, 2.75) is 6.92 Å². The minimum Gasteiger partial charge on any atom is -0.307 e. The fourth-order valence-electron chi connectivity index (χ4n) is 2.24. The zero-order valence-electron chi connectivity index (χ0n) is 12.3. The van der Waals surface area contributed by atoms with Crippen LogP contribution in [0.4, 0.5) is 10.5 Å². The van der Waals surface area contributed by atoms with Crippen molar-refractivity contribution in [1.82, 2.24) is 5.43 Å². The maximum absolute atomic E-state index is 12.1. The first kappa shape index (κ1) is 14.6. The molecule has 6 nitrogen and oxygen atoms in total. The molecular formula is C17H13N3O3. The van der Waals surface area contributed by atoms with Crippen LogP contribution in [0.2, 0.25) is 0 Å². The zero-order chi connectivity index (χ0) is 16.4. The van der Waals surface area contributed by atoms with Crippen molar-refractivity contribution >= 4 is 22.5 Å². The molecule has 0 fully saturated rings. The number of nitrogens with zero attached hydrogens (tertiary/aromatic N) is 1. The van der Waals surface area contributed by atoms with E-state index in [1.54, 1.807) is 36.4 Å². The topological polar surface area (TPSA) is 87.6 Å². The maximum Gasteiger partial charge on any atom is 0.339 e. The molecule has 0 atom stereocenters. The van der Waals surface area contributed by atoms with Gasteiger partial charge in [-0.05, 0) is 19.1 Å². The van der Waals surface area contributed by atoms with Crippen LogP contribution in [0.15, 0.2) is 63.2 Å². The third-order valence-corrected chi connectivity index (χ3v) is 3.43. The smallest absolute Gasteiger partial charge is 0.307 e. The molecule has 2 N–H and O–H groups in total. The molecule has 0 bridgehead atoms. The largest absolute Gasteiger partial charge is 0.339 e. The van der Waals surface area contributed by atoms with Crippen molar-refractivity contribution in [3.8, 4) is 0 Å². The molecule has 0 aliphatic rings. The van der Waals surface area contributed by atoms with Crippen LogP contribution in [0.3, 0.4) is 0 Å². The summed E-state index contributed by atoms with van der Waals surface area (Å²) in [4.78, 5) is 36.0. The minimum atomic E-state index is -0.627. The molecule has 0 unspecified atom stereocenters. The van der Waals surface area contributed by atoms with E-state index in [1.807, 2.05) is 19.1 Å². The Morgan fingerprint density at radius 2 is 1.48 bits per heavy atom. The number of aryl methyl sites for hydroxylation is 1. The summed E-state index contributed by atoms with van der Waals surface area (Å²) in [6.07, 6.45) is 0. The number of amides is 2. The minimum absolute atomic E-state index is 0.287. The van der Waals surface area contributed by atoms with Gasteiger partial charge in [-0.1, -0.05) is 42.0 Å². The van der Waals surface area contributed by atoms with Crippen LogP contribution >= 0.6 is 0 Å². The van der Waals surface area contributed by atoms with Gasteiger partial charge in [0.05, 0.1) is 0 Å². The number of hydrogen-bond acceptors (Lipinski definition) is 4. The molecule has 3 aromatic carbocycles. The highest BCUT2D eigenvalue weighted by Crippen LogP contribution is 2.07. The lowest BCUT2D eigenvalue weighted by Gasteiger charge is -2.03. The summed E-state index contributed by atoms with van der Waals surface area (Å²) in [5.74, 6) is 0. The van der Waals surface area contributed by atoms with Gasteiger partial charge in [-0.25, -0.2) is 10.2 Å². The first-order chi connectivity index (χ1) is 11.1. The third-order valence-electron chi connectivity index (χ3n) is 3.43. The molecule has 0 radical (unpaired) electrons. The van der Waals surface area contributed by atoms with Crippen molar-refractivity contribution in [2.75, 3.05) is 5.32 Å². The highest BCUT2D eigenvalue weighted by atomic mass is 16.2.